The fourth-order valence-electron chi connectivity index (χ4n) is 3.18. The Morgan fingerprint density at radius 1 is 1.42 bits per heavy atom. The average Bonchev–Trinajstić information content (AvgIpc) is 2.54. The van der Waals surface area contributed by atoms with Gasteiger partial charge in [-0.2, -0.15) is 0 Å². The van der Waals surface area contributed by atoms with Crippen molar-refractivity contribution in [1.82, 2.24) is 0 Å². The second-order valence-electron chi connectivity index (χ2n) is 5.70. The third-order valence-corrected chi connectivity index (χ3v) is 4.16. The predicted octanol–water partition coefficient (Wildman–Crippen LogP) is 2.68. The molecule has 1 heterocycles. The Labute approximate surface area is 138 Å². The Balaban J connectivity index is 2.17. The highest BCUT2D eigenvalue weighted by atomic mass is 19.1. The molecule has 1 aliphatic heterocycles. The van der Waals surface area contributed by atoms with Crippen molar-refractivity contribution in [2.75, 3.05) is 6.61 Å². The molecule has 6 heteroatoms. The lowest BCUT2D eigenvalue weighted by Gasteiger charge is -2.32. The highest BCUT2D eigenvalue weighted by Crippen LogP contribution is 2.44. The van der Waals surface area contributed by atoms with Gasteiger partial charge in [-0.05, 0) is 31.0 Å². The number of carbonyl (C=O) groups is 2. The van der Waals surface area contributed by atoms with Crippen LogP contribution in [-0.4, -0.2) is 18.4 Å². The molecular weight excluding hydrogens is 313 g/mol. The topological polar surface area (TPSA) is 78.6 Å². The number of ketones is 1. The Bertz CT molecular complexity index is 766. The number of hydrogen-bond acceptors (Lipinski definition) is 5. The van der Waals surface area contributed by atoms with E-state index in [4.69, 9.17) is 15.2 Å². The second kappa shape index (κ2) is 6.47. The van der Waals surface area contributed by atoms with Crippen molar-refractivity contribution in [2.24, 2.45) is 5.73 Å². The average molecular weight is 331 g/mol. The summed E-state index contributed by atoms with van der Waals surface area (Å²) in [6.07, 6.45) is 1.59. The molecule has 0 amide bonds. The summed E-state index contributed by atoms with van der Waals surface area (Å²) in [4.78, 5) is 24.9. The van der Waals surface area contributed by atoms with Crippen LogP contribution in [0, 0.1) is 5.82 Å². The van der Waals surface area contributed by atoms with E-state index in [0.29, 0.717) is 36.2 Å². The maximum Gasteiger partial charge on any atom is 0.340 e. The van der Waals surface area contributed by atoms with Crippen LogP contribution in [0.1, 0.15) is 37.7 Å². The number of Topliss-reactive ketones (excluding diaryl/α,β-unsaturated/α-hetero) is 1. The molecule has 2 aliphatic rings. The third-order valence-electron chi connectivity index (χ3n) is 4.16. The summed E-state index contributed by atoms with van der Waals surface area (Å²) in [5.41, 5.74) is 6.86. The van der Waals surface area contributed by atoms with E-state index in [2.05, 4.69) is 0 Å². The zero-order chi connectivity index (χ0) is 17.3. The molecule has 2 N–H and O–H groups in total. The molecule has 0 saturated carbocycles. The first kappa shape index (κ1) is 16.2. The van der Waals surface area contributed by atoms with Gasteiger partial charge in [-0.1, -0.05) is 12.1 Å². The van der Waals surface area contributed by atoms with E-state index < -0.39 is 17.7 Å². The number of allylic oxidation sites excluding steroid dienone is 2. The Morgan fingerprint density at radius 2 is 2.21 bits per heavy atom. The van der Waals surface area contributed by atoms with Crippen molar-refractivity contribution < 1.29 is 23.5 Å². The predicted molar refractivity (Wildman–Crippen MR) is 84.0 cm³/mol. The highest BCUT2D eigenvalue weighted by Gasteiger charge is 2.41. The number of rotatable bonds is 3. The maximum atomic E-state index is 13.7. The van der Waals surface area contributed by atoms with E-state index in [1.165, 1.54) is 18.2 Å². The smallest absolute Gasteiger partial charge is 0.340 e. The van der Waals surface area contributed by atoms with Gasteiger partial charge in [0.2, 0.25) is 5.88 Å². The van der Waals surface area contributed by atoms with Gasteiger partial charge in [-0.3, -0.25) is 4.79 Å². The van der Waals surface area contributed by atoms with Crippen LogP contribution < -0.4 is 5.73 Å². The van der Waals surface area contributed by atoms with Gasteiger partial charge in [-0.15, -0.1) is 0 Å². The van der Waals surface area contributed by atoms with Crippen LogP contribution in [-0.2, 0) is 19.1 Å². The first-order valence-electron chi connectivity index (χ1n) is 7.89. The van der Waals surface area contributed by atoms with Gasteiger partial charge in [0.15, 0.2) is 5.78 Å². The molecule has 126 valence electrons. The fraction of sp³-hybridized carbons (Fsp3) is 0.333. The van der Waals surface area contributed by atoms with Crippen molar-refractivity contribution in [3.8, 4) is 0 Å². The number of ether oxygens (including phenoxy) is 2. The molecular formula is C18H18FNO4. The zero-order valence-corrected chi connectivity index (χ0v) is 13.3. The van der Waals surface area contributed by atoms with Gasteiger partial charge in [-0.25, -0.2) is 9.18 Å². The quantitative estimate of drug-likeness (QED) is 0.862. The van der Waals surface area contributed by atoms with E-state index in [0.717, 1.165) is 0 Å². The summed E-state index contributed by atoms with van der Waals surface area (Å²) in [6, 6.07) is 5.80. The molecule has 0 radical (unpaired) electrons. The zero-order valence-electron chi connectivity index (χ0n) is 13.3. The molecule has 0 saturated heterocycles. The summed E-state index contributed by atoms with van der Waals surface area (Å²) in [5.74, 6) is -1.61. The van der Waals surface area contributed by atoms with Crippen LogP contribution in [0.15, 0.2) is 47.1 Å². The van der Waals surface area contributed by atoms with Crippen molar-refractivity contribution >= 4 is 11.8 Å². The highest BCUT2D eigenvalue weighted by molar-refractivity contribution is 6.03. The summed E-state index contributed by atoms with van der Waals surface area (Å²) in [6.45, 7) is 1.83. The van der Waals surface area contributed by atoms with Crippen LogP contribution in [0.2, 0.25) is 0 Å². The van der Waals surface area contributed by atoms with Crippen molar-refractivity contribution in [1.29, 1.82) is 0 Å². The third kappa shape index (κ3) is 2.79. The fourth-order valence-corrected chi connectivity index (χ4v) is 3.18. The molecule has 0 spiro atoms. The molecule has 1 aromatic rings. The van der Waals surface area contributed by atoms with E-state index in [1.807, 2.05) is 0 Å². The first-order chi connectivity index (χ1) is 11.5. The normalized spacial score (nSPS) is 20.6. The van der Waals surface area contributed by atoms with E-state index in [9.17, 15) is 14.0 Å². The summed E-state index contributed by atoms with van der Waals surface area (Å²) in [7, 11) is 0. The number of halogens is 1. The van der Waals surface area contributed by atoms with Crippen molar-refractivity contribution in [3.05, 3.63) is 58.4 Å². The molecule has 24 heavy (non-hydrogen) atoms. The number of benzene rings is 1. The van der Waals surface area contributed by atoms with Gasteiger partial charge in [0.05, 0.1) is 12.5 Å². The minimum atomic E-state index is -0.767. The maximum absolute atomic E-state index is 13.7. The molecule has 0 aromatic heterocycles. The van der Waals surface area contributed by atoms with Gasteiger partial charge < -0.3 is 15.2 Å². The lowest BCUT2D eigenvalue weighted by molar-refractivity contribution is -0.139. The van der Waals surface area contributed by atoms with Crippen LogP contribution in [0.25, 0.3) is 0 Å². The first-order valence-corrected chi connectivity index (χ1v) is 7.89. The van der Waals surface area contributed by atoms with Crippen LogP contribution in [0.4, 0.5) is 4.39 Å². The van der Waals surface area contributed by atoms with Crippen molar-refractivity contribution in [2.45, 2.75) is 32.1 Å². The molecule has 5 nitrogen and oxygen atoms in total. The second-order valence-corrected chi connectivity index (χ2v) is 5.70. The molecule has 3 rings (SSSR count). The van der Waals surface area contributed by atoms with Crippen LogP contribution >= 0.6 is 0 Å². The van der Waals surface area contributed by atoms with Gasteiger partial charge >= 0.3 is 5.97 Å². The van der Waals surface area contributed by atoms with E-state index in [1.54, 1.807) is 13.0 Å². The molecule has 0 bridgehead atoms. The Hall–Kier alpha value is -2.63. The summed E-state index contributed by atoms with van der Waals surface area (Å²) >= 11 is 0. The largest absolute Gasteiger partial charge is 0.462 e. The van der Waals surface area contributed by atoms with Gasteiger partial charge in [0.25, 0.3) is 0 Å². The minimum Gasteiger partial charge on any atom is -0.462 e. The number of carbonyl (C=O) groups excluding carboxylic acids is 2. The standard InChI is InChI=1S/C18H18FNO4/c1-2-23-18(22)16-14(10-5-3-6-11(19)9-10)15-12(21)7-4-8-13(15)24-17(16)20/h3,5-6,9,14H,2,4,7-8,20H2,1H3/t14-/m0/s1. The van der Waals surface area contributed by atoms with Crippen molar-refractivity contribution in [3.63, 3.8) is 0 Å². The summed E-state index contributed by atoms with van der Waals surface area (Å²) < 4.78 is 24.3. The van der Waals surface area contributed by atoms with E-state index in [-0.39, 0.29) is 23.8 Å². The lowest BCUT2D eigenvalue weighted by Crippen LogP contribution is -2.31. The monoisotopic (exact) mass is 331 g/mol. The minimum absolute atomic E-state index is 0.0523. The lowest BCUT2D eigenvalue weighted by atomic mass is 9.77. The molecule has 0 unspecified atom stereocenters. The van der Waals surface area contributed by atoms with Gasteiger partial charge in [0, 0.05) is 18.4 Å². The van der Waals surface area contributed by atoms with E-state index >= 15 is 0 Å². The summed E-state index contributed by atoms with van der Waals surface area (Å²) in [5, 5.41) is 0. The number of hydrogen-bond donors (Lipinski definition) is 1. The van der Waals surface area contributed by atoms with Gasteiger partial charge in [0.1, 0.15) is 17.1 Å². The number of esters is 1. The molecule has 1 aliphatic carbocycles. The number of nitrogens with two attached hydrogens (primary N) is 1. The van der Waals surface area contributed by atoms with Crippen LogP contribution in [0.3, 0.4) is 0 Å². The Kier molecular flexibility index (Phi) is 4.38. The SMILES string of the molecule is CCOC(=O)C1=C(N)OC2=C(C(=O)CCC2)[C@@H]1c1cccc(F)c1. The molecule has 0 fully saturated rings. The Morgan fingerprint density at radius 3 is 2.92 bits per heavy atom. The molecule has 1 aromatic carbocycles. The molecule has 1 atom stereocenters. The van der Waals surface area contributed by atoms with Crippen LogP contribution in [0.5, 0.6) is 0 Å².